The van der Waals surface area contributed by atoms with Crippen LogP contribution in [0.5, 0.6) is 5.75 Å². The Balaban J connectivity index is 2.24. The zero-order valence-electron chi connectivity index (χ0n) is 13.9. The van der Waals surface area contributed by atoms with Gasteiger partial charge in [-0.2, -0.15) is 18.3 Å². The third-order valence-corrected chi connectivity index (χ3v) is 4.79. The summed E-state index contributed by atoms with van der Waals surface area (Å²) in [6.45, 7) is 1.81. The molecule has 0 unspecified atom stereocenters. The van der Waals surface area contributed by atoms with Gasteiger partial charge in [0, 0.05) is 5.56 Å². The lowest BCUT2D eigenvalue weighted by molar-refractivity contribution is -0.142. The number of aromatic nitrogens is 2. The SMILES string of the molecule is Cc1ccc(-c2c(O)c(C(F)(F)F)nn2-c2ccc(S(N)(=O)=O)cc2)cc1. The zero-order chi connectivity index (χ0) is 20.0. The predicted octanol–water partition coefficient (Wildman–Crippen LogP) is 3.22. The molecular formula is C17H14F3N3O3S. The average molecular weight is 397 g/mol. The number of hydrogen-bond acceptors (Lipinski definition) is 4. The van der Waals surface area contributed by atoms with Crippen LogP contribution in [0.4, 0.5) is 13.2 Å². The first-order chi connectivity index (χ1) is 12.5. The molecule has 3 N–H and O–H groups in total. The van der Waals surface area contributed by atoms with E-state index in [0.29, 0.717) is 5.56 Å². The summed E-state index contributed by atoms with van der Waals surface area (Å²) in [5, 5.41) is 18.7. The van der Waals surface area contributed by atoms with Crippen LogP contribution in [0.25, 0.3) is 16.9 Å². The topological polar surface area (TPSA) is 98.2 Å². The highest BCUT2D eigenvalue weighted by atomic mass is 32.2. The molecule has 142 valence electrons. The average Bonchev–Trinajstić information content (AvgIpc) is 2.92. The summed E-state index contributed by atoms with van der Waals surface area (Å²) in [5.74, 6) is -1.01. The number of nitrogens with zero attached hydrogens (tertiary/aromatic N) is 2. The molecule has 0 bridgehead atoms. The molecule has 0 spiro atoms. The summed E-state index contributed by atoms with van der Waals surface area (Å²) in [6.07, 6.45) is -4.87. The van der Waals surface area contributed by atoms with Crippen LogP contribution in [0, 0.1) is 6.92 Å². The fourth-order valence-electron chi connectivity index (χ4n) is 2.54. The van der Waals surface area contributed by atoms with E-state index in [-0.39, 0.29) is 16.3 Å². The first kappa shape index (κ1) is 18.9. The fraction of sp³-hybridized carbons (Fsp3) is 0.118. The van der Waals surface area contributed by atoms with Crippen molar-refractivity contribution in [3.63, 3.8) is 0 Å². The van der Waals surface area contributed by atoms with Gasteiger partial charge in [0.05, 0.1) is 10.6 Å². The second-order valence-electron chi connectivity index (χ2n) is 5.86. The van der Waals surface area contributed by atoms with Gasteiger partial charge in [0.15, 0.2) is 5.75 Å². The summed E-state index contributed by atoms with van der Waals surface area (Å²) in [5.41, 5.74) is -0.266. The van der Waals surface area contributed by atoms with Gasteiger partial charge in [0.1, 0.15) is 5.69 Å². The predicted molar refractivity (Wildman–Crippen MR) is 91.8 cm³/mol. The van der Waals surface area contributed by atoms with Crippen LogP contribution in [-0.2, 0) is 16.2 Å². The lowest BCUT2D eigenvalue weighted by Crippen LogP contribution is -2.12. The Morgan fingerprint density at radius 3 is 2.07 bits per heavy atom. The Kier molecular flexibility index (Phi) is 4.48. The number of sulfonamides is 1. The number of nitrogens with two attached hydrogens (primary N) is 1. The maximum Gasteiger partial charge on any atom is 0.438 e. The number of alkyl halides is 3. The molecule has 0 saturated carbocycles. The molecule has 6 nitrogen and oxygen atoms in total. The molecule has 0 fully saturated rings. The number of aromatic hydroxyl groups is 1. The first-order valence-corrected chi connectivity index (χ1v) is 9.12. The van der Waals surface area contributed by atoms with Crippen molar-refractivity contribution in [2.24, 2.45) is 5.14 Å². The number of hydrogen-bond donors (Lipinski definition) is 2. The first-order valence-electron chi connectivity index (χ1n) is 7.58. The number of aryl methyl sites for hydroxylation is 1. The molecule has 27 heavy (non-hydrogen) atoms. The maximum atomic E-state index is 13.2. The standard InChI is InChI=1S/C17H14F3N3O3S/c1-10-2-4-11(5-3-10)14-15(24)16(17(18,19)20)22-23(14)12-6-8-13(9-7-12)27(21,25)26/h2-9,24H,1H3,(H2,21,25,26). The smallest absolute Gasteiger partial charge is 0.438 e. The van der Waals surface area contributed by atoms with E-state index in [9.17, 15) is 26.7 Å². The Morgan fingerprint density at radius 2 is 1.59 bits per heavy atom. The summed E-state index contributed by atoms with van der Waals surface area (Å²) >= 11 is 0. The lowest BCUT2D eigenvalue weighted by atomic mass is 10.1. The fourth-order valence-corrected chi connectivity index (χ4v) is 3.05. The van der Waals surface area contributed by atoms with Gasteiger partial charge in [-0.15, -0.1) is 0 Å². The molecule has 0 atom stereocenters. The third kappa shape index (κ3) is 3.67. The second kappa shape index (κ2) is 6.39. The van der Waals surface area contributed by atoms with Crippen molar-refractivity contribution < 1.29 is 26.7 Å². The van der Waals surface area contributed by atoms with Crippen molar-refractivity contribution in [3.05, 3.63) is 59.8 Å². The third-order valence-electron chi connectivity index (χ3n) is 3.86. The van der Waals surface area contributed by atoms with Crippen molar-refractivity contribution in [1.29, 1.82) is 0 Å². The molecule has 0 radical (unpaired) electrons. The summed E-state index contributed by atoms with van der Waals surface area (Å²) < 4.78 is 63.3. The monoisotopic (exact) mass is 397 g/mol. The molecule has 0 aliphatic carbocycles. The molecule has 0 aliphatic heterocycles. The van der Waals surface area contributed by atoms with E-state index in [2.05, 4.69) is 5.10 Å². The minimum absolute atomic E-state index is 0.128. The number of rotatable bonds is 3. The van der Waals surface area contributed by atoms with Gasteiger partial charge in [-0.3, -0.25) is 0 Å². The van der Waals surface area contributed by atoms with Gasteiger partial charge in [-0.1, -0.05) is 29.8 Å². The van der Waals surface area contributed by atoms with Crippen molar-refractivity contribution >= 4 is 10.0 Å². The van der Waals surface area contributed by atoms with Gasteiger partial charge in [-0.25, -0.2) is 18.2 Å². The molecule has 1 heterocycles. The summed E-state index contributed by atoms with van der Waals surface area (Å²) in [7, 11) is -3.95. The van der Waals surface area contributed by atoms with Crippen molar-refractivity contribution in [2.45, 2.75) is 18.0 Å². The van der Waals surface area contributed by atoms with Crippen LogP contribution < -0.4 is 5.14 Å². The van der Waals surface area contributed by atoms with E-state index >= 15 is 0 Å². The molecule has 10 heteroatoms. The molecule has 1 aromatic heterocycles. The second-order valence-corrected chi connectivity index (χ2v) is 7.42. The van der Waals surface area contributed by atoms with Crippen LogP contribution in [0.1, 0.15) is 11.3 Å². The lowest BCUT2D eigenvalue weighted by Gasteiger charge is -2.09. The molecule has 0 saturated heterocycles. The van der Waals surface area contributed by atoms with Crippen LogP contribution in [0.3, 0.4) is 0 Å². The van der Waals surface area contributed by atoms with E-state index in [4.69, 9.17) is 5.14 Å². The van der Waals surface area contributed by atoms with Gasteiger partial charge >= 0.3 is 6.18 Å². The molecule has 0 amide bonds. The minimum atomic E-state index is -4.87. The van der Waals surface area contributed by atoms with E-state index in [0.717, 1.165) is 22.4 Å². The molecule has 3 aromatic rings. The highest BCUT2D eigenvalue weighted by Gasteiger charge is 2.40. The van der Waals surface area contributed by atoms with Crippen LogP contribution in [0.15, 0.2) is 53.4 Å². The summed E-state index contributed by atoms with van der Waals surface area (Å²) in [6, 6.07) is 11.3. The highest BCUT2D eigenvalue weighted by molar-refractivity contribution is 7.89. The Labute approximate surface area is 152 Å². The van der Waals surface area contributed by atoms with Crippen LogP contribution in [-0.4, -0.2) is 23.3 Å². The van der Waals surface area contributed by atoms with E-state index in [1.165, 1.54) is 12.1 Å². The van der Waals surface area contributed by atoms with Crippen molar-refractivity contribution in [3.8, 4) is 22.7 Å². The largest absolute Gasteiger partial charge is 0.504 e. The number of benzene rings is 2. The van der Waals surface area contributed by atoms with Gasteiger partial charge in [0.2, 0.25) is 15.7 Å². The van der Waals surface area contributed by atoms with E-state index in [1.807, 2.05) is 6.92 Å². The maximum absolute atomic E-state index is 13.2. The van der Waals surface area contributed by atoms with E-state index < -0.39 is 27.6 Å². The Bertz CT molecular complexity index is 1090. The molecule has 0 aliphatic rings. The van der Waals surface area contributed by atoms with Gasteiger partial charge in [-0.05, 0) is 31.2 Å². The summed E-state index contributed by atoms with van der Waals surface area (Å²) in [4.78, 5) is -0.199. The quantitative estimate of drug-likeness (QED) is 0.709. The Hall–Kier alpha value is -2.85. The van der Waals surface area contributed by atoms with Gasteiger partial charge < -0.3 is 5.11 Å². The zero-order valence-corrected chi connectivity index (χ0v) is 14.7. The highest BCUT2D eigenvalue weighted by Crippen LogP contribution is 2.42. The van der Waals surface area contributed by atoms with Crippen LogP contribution >= 0.6 is 0 Å². The molecular weight excluding hydrogens is 383 g/mol. The number of halogens is 3. The normalized spacial score (nSPS) is 12.3. The number of primary sulfonamides is 1. The van der Waals surface area contributed by atoms with Gasteiger partial charge in [0.25, 0.3) is 0 Å². The molecule has 2 aromatic carbocycles. The van der Waals surface area contributed by atoms with E-state index in [1.54, 1.807) is 24.3 Å². The van der Waals surface area contributed by atoms with Crippen LogP contribution in [0.2, 0.25) is 0 Å². The van der Waals surface area contributed by atoms with Crippen molar-refractivity contribution in [1.82, 2.24) is 9.78 Å². The molecule has 3 rings (SSSR count). The minimum Gasteiger partial charge on any atom is -0.504 e. The Morgan fingerprint density at radius 1 is 1.04 bits per heavy atom. The van der Waals surface area contributed by atoms with Crippen molar-refractivity contribution in [2.75, 3.05) is 0 Å².